The van der Waals surface area contributed by atoms with Crippen LogP contribution < -0.4 is 0 Å². The number of aromatic nitrogens is 1. The lowest BCUT2D eigenvalue weighted by Gasteiger charge is -2.04. The molecule has 0 aliphatic carbocycles. The van der Waals surface area contributed by atoms with Crippen molar-refractivity contribution in [3.05, 3.63) is 40.7 Å². The van der Waals surface area contributed by atoms with E-state index in [1.54, 1.807) is 23.5 Å². The molecule has 2 nitrogen and oxygen atoms in total. The number of aliphatic hydroxyl groups excluding tert-OH is 1. The van der Waals surface area contributed by atoms with Crippen LogP contribution in [0.25, 0.3) is 10.6 Å². The number of rotatable bonds is 3. The minimum Gasteiger partial charge on any atom is -0.396 e. The molecule has 1 atom stereocenters. The van der Waals surface area contributed by atoms with Crippen molar-refractivity contribution in [1.29, 1.82) is 0 Å². The van der Waals surface area contributed by atoms with E-state index in [-0.39, 0.29) is 18.3 Å². The van der Waals surface area contributed by atoms with Crippen LogP contribution in [0.1, 0.15) is 23.4 Å². The molecule has 0 fully saturated rings. The first kappa shape index (κ1) is 12.2. The molecule has 0 aliphatic rings. The lowest BCUT2D eigenvalue weighted by Crippen LogP contribution is -2.00. The second-order valence-electron chi connectivity index (χ2n) is 4.05. The molecule has 1 N–H and O–H groups in total. The first-order valence-corrected chi connectivity index (χ1v) is 6.27. The van der Waals surface area contributed by atoms with Gasteiger partial charge in [0.2, 0.25) is 0 Å². The fraction of sp³-hybridized carbons (Fsp3) is 0.308. The smallest absolute Gasteiger partial charge is 0.123 e. The third kappa shape index (κ3) is 2.53. The van der Waals surface area contributed by atoms with E-state index in [0.717, 1.165) is 21.1 Å². The Hall–Kier alpha value is -1.26. The summed E-state index contributed by atoms with van der Waals surface area (Å²) in [6.45, 7) is 4.02. The Bertz CT molecular complexity index is 507. The van der Waals surface area contributed by atoms with Gasteiger partial charge in [-0.15, -0.1) is 11.3 Å². The molecule has 0 aliphatic heterocycles. The molecular weight excluding hydrogens is 237 g/mol. The molecule has 0 amide bonds. The van der Waals surface area contributed by atoms with Gasteiger partial charge in [0.1, 0.15) is 10.8 Å². The summed E-state index contributed by atoms with van der Waals surface area (Å²) >= 11 is 1.57. The molecular formula is C13H14FNOS. The molecule has 1 heterocycles. The zero-order chi connectivity index (χ0) is 12.4. The number of aliphatic hydroxyl groups is 1. The van der Waals surface area contributed by atoms with Gasteiger partial charge in [0.15, 0.2) is 0 Å². The minimum atomic E-state index is -0.244. The maximum atomic E-state index is 12.8. The van der Waals surface area contributed by atoms with E-state index in [0.29, 0.717) is 0 Å². The van der Waals surface area contributed by atoms with Crippen molar-refractivity contribution >= 4 is 11.3 Å². The van der Waals surface area contributed by atoms with Crippen molar-refractivity contribution in [1.82, 2.24) is 4.98 Å². The average Bonchev–Trinajstić information content (AvgIpc) is 2.71. The SMILES string of the molecule is Cc1sc(-c2ccc(F)cc2)nc1C(C)CO. The zero-order valence-electron chi connectivity index (χ0n) is 9.77. The van der Waals surface area contributed by atoms with Crippen molar-refractivity contribution < 1.29 is 9.50 Å². The van der Waals surface area contributed by atoms with E-state index < -0.39 is 0 Å². The van der Waals surface area contributed by atoms with Crippen LogP contribution in [0.2, 0.25) is 0 Å². The van der Waals surface area contributed by atoms with Gasteiger partial charge in [-0.25, -0.2) is 9.37 Å². The van der Waals surface area contributed by atoms with Gasteiger partial charge in [0.25, 0.3) is 0 Å². The van der Waals surface area contributed by atoms with Crippen LogP contribution >= 0.6 is 11.3 Å². The highest BCUT2D eigenvalue weighted by atomic mass is 32.1. The predicted molar refractivity (Wildman–Crippen MR) is 67.7 cm³/mol. The highest BCUT2D eigenvalue weighted by Crippen LogP contribution is 2.31. The second kappa shape index (κ2) is 4.94. The summed E-state index contributed by atoms with van der Waals surface area (Å²) in [5.74, 6) is -0.202. The maximum absolute atomic E-state index is 12.8. The van der Waals surface area contributed by atoms with E-state index >= 15 is 0 Å². The lowest BCUT2D eigenvalue weighted by molar-refractivity contribution is 0.271. The fourth-order valence-corrected chi connectivity index (χ4v) is 2.71. The summed E-state index contributed by atoms with van der Waals surface area (Å²) in [6, 6.07) is 6.31. The van der Waals surface area contributed by atoms with Gasteiger partial charge >= 0.3 is 0 Å². The number of hydrogen-bond donors (Lipinski definition) is 1. The first-order chi connectivity index (χ1) is 8.11. The van der Waals surface area contributed by atoms with Gasteiger partial charge in [-0.2, -0.15) is 0 Å². The third-order valence-electron chi connectivity index (χ3n) is 2.66. The van der Waals surface area contributed by atoms with Gasteiger partial charge in [-0.05, 0) is 31.2 Å². The van der Waals surface area contributed by atoms with Crippen LogP contribution in [0.3, 0.4) is 0 Å². The number of hydrogen-bond acceptors (Lipinski definition) is 3. The Kier molecular flexibility index (Phi) is 3.54. The summed E-state index contributed by atoms with van der Waals surface area (Å²) in [5.41, 5.74) is 1.84. The highest BCUT2D eigenvalue weighted by molar-refractivity contribution is 7.15. The van der Waals surface area contributed by atoms with E-state index in [4.69, 9.17) is 5.11 Å². The Morgan fingerprint density at radius 3 is 2.59 bits per heavy atom. The summed E-state index contributed by atoms with van der Waals surface area (Å²) in [7, 11) is 0. The second-order valence-corrected chi connectivity index (χ2v) is 5.25. The number of halogens is 1. The van der Waals surface area contributed by atoms with Crippen LogP contribution in [0.5, 0.6) is 0 Å². The molecule has 0 bridgehead atoms. The van der Waals surface area contributed by atoms with E-state index in [1.165, 1.54) is 12.1 Å². The first-order valence-electron chi connectivity index (χ1n) is 5.46. The fourth-order valence-electron chi connectivity index (χ4n) is 1.67. The van der Waals surface area contributed by atoms with E-state index in [2.05, 4.69) is 4.98 Å². The lowest BCUT2D eigenvalue weighted by atomic mass is 10.1. The van der Waals surface area contributed by atoms with Crippen LogP contribution in [-0.4, -0.2) is 16.7 Å². The summed E-state index contributed by atoms with van der Waals surface area (Å²) in [4.78, 5) is 5.62. The van der Waals surface area contributed by atoms with Crippen molar-refractivity contribution in [3.63, 3.8) is 0 Å². The van der Waals surface area contributed by atoms with E-state index in [1.807, 2.05) is 13.8 Å². The monoisotopic (exact) mass is 251 g/mol. The third-order valence-corrected chi connectivity index (χ3v) is 3.70. The van der Waals surface area contributed by atoms with Gasteiger partial charge in [0.05, 0.1) is 12.3 Å². The van der Waals surface area contributed by atoms with Crippen LogP contribution in [0.4, 0.5) is 4.39 Å². The number of nitrogens with zero attached hydrogens (tertiary/aromatic N) is 1. The predicted octanol–water partition coefficient (Wildman–Crippen LogP) is 3.35. The molecule has 90 valence electrons. The molecule has 4 heteroatoms. The van der Waals surface area contributed by atoms with Crippen LogP contribution in [0, 0.1) is 12.7 Å². The molecule has 2 aromatic rings. The quantitative estimate of drug-likeness (QED) is 0.907. The van der Waals surface area contributed by atoms with E-state index in [9.17, 15) is 4.39 Å². The normalized spacial score (nSPS) is 12.7. The van der Waals surface area contributed by atoms with Crippen molar-refractivity contribution in [3.8, 4) is 10.6 Å². The molecule has 0 saturated carbocycles. The molecule has 1 unspecified atom stereocenters. The summed E-state index contributed by atoms with van der Waals surface area (Å²) < 4.78 is 12.8. The van der Waals surface area contributed by atoms with Crippen molar-refractivity contribution in [2.75, 3.05) is 6.61 Å². The summed E-state index contributed by atoms with van der Waals surface area (Å²) in [5, 5.41) is 10.0. The zero-order valence-corrected chi connectivity index (χ0v) is 10.6. The molecule has 1 aromatic carbocycles. The molecule has 0 radical (unpaired) electrons. The number of benzene rings is 1. The Morgan fingerprint density at radius 1 is 1.35 bits per heavy atom. The highest BCUT2D eigenvalue weighted by Gasteiger charge is 2.14. The molecule has 0 saturated heterocycles. The van der Waals surface area contributed by atoms with Crippen molar-refractivity contribution in [2.45, 2.75) is 19.8 Å². The largest absolute Gasteiger partial charge is 0.396 e. The Balaban J connectivity index is 2.37. The van der Waals surface area contributed by atoms with Gasteiger partial charge in [-0.1, -0.05) is 6.92 Å². The molecule has 17 heavy (non-hydrogen) atoms. The molecule has 0 spiro atoms. The summed E-state index contributed by atoms with van der Waals surface area (Å²) in [6.07, 6.45) is 0. The van der Waals surface area contributed by atoms with Crippen LogP contribution in [-0.2, 0) is 0 Å². The van der Waals surface area contributed by atoms with Gasteiger partial charge in [0, 0.05) is 16.4 Å². The maximum Gasteiger partial charge on any atom is 0.123 e. The van der Waals surface area contributed by atoms with Gasteiger partial charge < -0.3 is 5.11 Å². The molecule has 1 aromatic heterocycles. The molecule has 2 rings (SSSR count). The topological polar surface area (TPSA) is 33.1 Å². The van der Waals surface area contributed by atoms with Crippen molar-refractivity contribution in [2.24, 2.45) is 0 Å². The standard InChI is InChI=1S/C13H14FNOS/c1-8(7-16)12-9(2)17-13(15-12)10-3-5-11(14)6-4-10/h3-6,8,16H,7H2,1-2H3. The average molecular weight is 251 g/mol. The Labute approximate surface area is 104 Å². The van der Waals surface area contributed by atoms with Gasteiger partial charge in [-0.3, -0.25) is 0 Å². The van der Waals surface area contributed by atoms with Crippen LogP contribution in [0.15, 0.2) is 24.3 Å². The number of aryl methyl sites for hydroxylation is 1. The minimum absolute atomic E-state index is 0.0421. The Morgan fingerprint density at radius 2 is 2.00 bits per heavy atom. The number of thiazole rings is 1.